The van der Waals surface area contributed by atoms with Crippen LogP contribution in [0.4, 0.5) is 10.1 Å². The smallest absolute Gasteiger partial charge is 0.227 e. The maximum atomic E-state index is 14.4. The van der Waals surface area contributed by atoms with E-state index in [0.29, 0.717) is 31.4 Å². The Kier molecular flexibility index (Phi) is 12.5. The van der Waals surface area contributed by atoms with Crippen molar-refractivity contribution in [1.82, 2.24) is 5.32 Å². The molecule has 198 valence electrons. The van der Waals surface area contributed by atoms with Gasteiger partial charge < -0.3 is 25.4 Å². The maximum absolute atomic E-state index is 14.4. The van der Waals surface area contributed by atoms with Crippen molar-refractivity contribution in [3.05, 3.63) is 65.8 Å². The van der Waals surface area contributed by atoms with Crippen LogP contribution in [0.5, 0.6) is 0 Å². The van der Waals surface area contributed by atoms with Gasteiger partial charge >= 0.3 is 0 Å². The number of halogens is 1. The molecule has 0 saturated carbocycles. The number of amides is 2. The minimum absolute atomic E-state index is 0.122. The number of hydrogen-bond acceptors (Lipinski definition) is 7. The first-order chi connectivity index (χ1) is 17.9. The second kappa shape index (κ2) is 15.5. The Balaban J connectivity index is 0.000000333. The highest BCUT2D eigenvalue weighted by Gasteiger charge is 2.21. The number of aryl methyl sites for hydroxylation is 1. The molecule has 2 amide bonds. The molecule has 2 atom stereocenters. The fourth-order valence-corrected chi connectivity index (χ4v) is 4.23. The molecule has 0 aliphatic carbocycles. The lowest BCUT2D eigenvalue weighted by Crippen LogP contribution is -2.30. The van der Waals surface area contributed by atoms with Crippen LogP contribution in [0.1, 0.15) is 17.5 Å². The summed E-state index contributed by atoms with van der Waals surface area (Å²) >= 11 is 1.43. The molecule has 0 radical (unpaired) electrons. The number of anilines is 1. The zero-order valence-corrected chi connectivity index (χ0v) is 22.1. The van der Waals surface area contributed by atoms with E-state index in [9.17, 15) is 9.18 Å². The van der Waals surface area contributed by atoms with Gasteiger partial charge in [-0.2, -0.15) is 5.26 Å². The Labute approximate surface area is 221 Å². The standard InChI is InChI=1S/C20H19FN2OS.C6H11NO2.CH3NO/c1-23-19-7-5-13(9-16(19)6-8-20(23)24)14-3-4-15(18(21)11-14)10-17(12-22)25-2;1-8-6-4-7-2-3-9-5-6;2-1-3/h3-5,7,9,11,17H,6,8,10H2,1-2H3;2-3,6-7H,4-5H2,1H3;1H,(H2,2,3). The number of primary amides is 1. The van der Waals surface area contributed by atoms with Crippen LogP contribution >= 0.6 is 11.8 Å². The zero-order chi connectivity index (χ0) is 27.2. The largest absolute Gasteiger partial charge is 0.497 e. The van der Waals surface area contributed by atoms with Crippen molar-refractivity contribution in [2.24, 2.45) is 5.73 Å². The lowest BCUT2D eigenvalue weighted by atomic mass is 9.95. The van der Waals surface area contributed by atoms with Gasteiger partial charge in [0.25, 0.3) is 0 Å². The molecule has 2 unspecified atom stereocenters. The number of nitrogens with two attached hydrogens (primary N) is 1. The second-order valence-corrected chi connectivity index (χ2v) is 9.24. The molecule has 37 heavy (non-hydrogen) atoms. The van der Waals surface area contributed by atoms with E-state index in [2.05, 4.69) is 17.1 Å². The third kappa shape index (κ3) is 8.81. The van der Waals surface area contributed by atoms with Crippen molar-refractivity contribution in [3.63, 3.8) is 0 Å². The molecule has 2 heterocycles. The molecule has 0 fully saturated rings. The quantitative estimate of drug-likeness (QED) is 0.571. The highest BCUT2D eigenvalue weighted by atomic mass is 32.2. The summed E-state index contributed by atoms with van der Waals surface area (Å²) in [5.74, 6) is -0.159. The Morgan fingerprint density at radius 3 is 2.68 bits per heavy atom. The topological polar surface area (TPSA) is 118 Å². The third-order valence-electron chi connectivity index (χ3n) is 5.89. The molecular formula is C27H33FN4O4S. The van der Waals surface area contributed by atoms with Crippen LogP contribution in [0.3, 0.4) is 0 Å². The van der Waals surface area contributed by atoms with Gasteiger partial charge in [-0.15, -0.1) is 11.8 Å². The average Bonchev–Trinajstić information content (AvgIpc) is 3.20. The summed E-state index contributed by atoms with van der Waals surface area (Å²) in [4.78, 5) is 22.0. The highest BCUT2D eigenvalue weighted by Crippen LogP contribution is 2.32. The van der Waals surface area contributed by atoms with Crippen LogP contribution in [0.2, 0.25) is 0 Å². The van der Waals surface area contributed by atoms with E-state index in [1.165, 1.54) is 17.8 Å². The predicted molar refractivity (Wildman–Crippen MR) is 144 cm³/mol. The fourth-order valence-electron chi connectivity index (χ4n) is 3.78. The first kappa shape index (κ1) is 29.7. The molecule has 0 aromatic heterocycles. The number of thioether (sulfide) groups is 1. The van der Waals surface area contributed by atoms with E-state index in [1.807, 2.05) is 30.5 Å². The highest BCUT2D eigenvalue weighted by molar-refractivity contribution is 7.99. The fraction of sp³-hybridized carbons (Fsp3) is 0.370. The van der Waals surface area contributed by atoms with Gasteiger partial charge in [-0.1, -0.05) is 18.2 Å². The van der Waals surface area contributed by atoms with E-state index in [4.69, 9.17) is 19.5 Å². The Morgan fingerprint density at radius 2 is 2.03 bits per heavy atom. The SMILES string of the molecule is COC1CNC=COC1.CSC(C#N)Cc1ccc(-c2ccc3c(c2)CCC(=O)N3C)cc1F.NC=O. The van der Waals surface area contributed by atoms with Crippen molar-refractivity contribution in [2.75, 3.05) is 38.5 Å². The van der Waals surface area contributed by atoms with Gasteiger partial charge in [0.15, 0.2) is 0 Å². The number of methoxy groups -OCH3 is 1. The van der Waals surface area contributed by atoms with Crippen LogP contribution < -0.4 is 16.0 Å². The van der Waals surface area contributed by atoms with Gasteiger partial charge in [0.05, 0.1) is 17.6 Å². The lowest BCUT2D eigenvalue weighted by Gasteiger charge is -2.26. The van der Waals surface area contributed by atoms with Crippen molar-refractivity contribution in [3.8, 4) is 17.2 Å². The monoisotopic (exact) mass is 528 g/mol. The normalized spacial score (nSPS) is 16.7. The maximum Gasteiger partial charge on any atom is 0.227 e. The second-order valence-electron chi connectivity index (χ2n) is 8.20. The van der Waals surface area contributed by atoms with E-state index in [-0.39, 0.29) is 29.5 Å². The number of nitrogens with zero attached hydrogens (tertiary/aromatic N) is 2. The number of hydrogen-bond donors (Lipinski definition) is 2. The number of nitrogens with one attached hydrogen (secondary N) is 1. The van der Waals surface area contributed by atoms with Crippen LogP contribution in [0.15, 0.2) is 48.9 Å². The molecule has 0 saturated heterocycles. The number of rotatable bonds is 5. The molecule has 10 heteroatoms. The molecule has 2 aliphatic heterocycles. The summed E-state index contributed by atoms with van der Waals surface area (Å²) in [6, 6.07) is 13.2. The van der Waals surface area contributed by atoms with Gasteiger partial charge in [-0.05, 0) is 53.1 Å². The van der Waals surface area contributed by atoms with Crippen molar-refractivity contribution < 1.29 is 23.5 Å². The summed E-state index contributed by atoms with van der Waals surface area (Å²) in [6.45, 7) is 1.47. The third-order valence-corrected chi connectivity index (χ3v) is 6.73. The summed E-state index contributed by atoms with van der Waals surface area (Å²) < 4.78 is 24.5. The van der Waals surface area contributed by atoms with Crippen molar-refractivity contribution >= 4 is 29.8 Å². The molecule has 0 spiro atoms. The van der Waals surface area contributed by atoms with E-state index in [0.717, 1.165) is 28.9 Å². The minimum Gasteiger partial charge on any atom is -0.497 e. The number of carbonyl (C=O) groups excluding carboxylic acids is 2. The van der Waals surface area contributed by atoms with E-state index >= 15 is 0 Å². The van der Waals surface area contributed by atoms with Crippen LogP contribution in [0.25, 0.3) is 11.1 Å². The van der Waals surface area contributed by atoms with E-state index in [1.54, 1.807) is 37.6 Å². The predicted octanol–water partition coefficient (Wildman–Crippen LogP) is 3.39. The van der Waals surface area contributed by atoms with Crippen molar-refractivity contribution in [1.29, 1.82) is 5.26 Å². The number of carbonyl (C=O) groups is 2. The van der Waals surface area contributed by atoms with Gasteiger partial charge in [0, 0.05) is 45.4 Å². The molecule has 8 nitrogen and oxygen atoms in total. The van der Waals surface area contributed by atoms with Gasteiger partial charge in [0.2, 0.25) is 12.3 Å². The van der Waals surface area contributed by atoms with Crippen LogP contribution in [0, 0.1) is 17.1 Å². The first-order valence-corrected chi connectivity index (χ1v) is 13.0. The molecule has 2 aliphatic rings. The Hall–Kier alpha value is -3.55. The zero-order valence-electron chi connectivity index (χ0n) is 21.3. The molecule has 0 bridgehead atoms. The number of ether oxygens (including phenoxy) is 2. The Morgan fingerprint density at radius 1 is 1.32 bits per heavy atom. The van der Waals surface area contributed by atoms with Gasteiger partial charge in [-0.25, -0.2) is 4.39 Å². The Bertz CT molecular complexity index is 1110. The number of nitriles is 1. The van der Waals surface area contributed by atoms with Crippen molar-refractivity contribution in [2.45, 2.75) is 30.6 Å². The minimum atomic E-state index is -0.281. The van der Waals surface area contributed by atoms with Crippen LogP contribution in [-0.2, 0) is 31.9 Å². The summed E-state index contributed by atoms with van der Waals surface area (Å²) in [5, 5.41) is 11.8. The lowest BCUT2D eigenvalue weighted by molar-refractivity contribution is -0.118. The summed E-state index contributed by atoms with van der Waals surface area (Å²) in [5.41, 5.74) is 8.51. The molecule has 3 N–H and O–H groups in total. The van der Waals surface area contributed by atoms with Gasteiger partial charge in [-0.3, -0.25) is 9.59 Å². The number of fused-ring (bicyclic) bond motifs is 1. The molecule has 4 rings (SSSR count). The molecule has 2 aromatic carbocycles. The molecular weight excluding hydrogens is 495 g/mol. The van der Waals surface area contributed by atoms with Gasteiger partial charge in [0.1, 0.15) is 18.5 Å². The van der Waals surface area contributed by atoms with E-state index < -0.39 is 0 Å². The average molecular weight is 529 g/mol. The van der Waals surface area contributed by atoms with Crippen LogP contribution in [-0.4, -0.2) is 57.2 Å². The summed E-state index contributed by atoms with van der Waals surface area (Å²) in [6.07, 6.45) is 7.32. The summed E-state index contributed by atoms with van der Waals surface area (Å²) in [7, 11) is 3.47. The number of benzene rings is 2. The first-order valence-electron chi connectivity index (χ1n) is 11.7. The molecule has 2 aromatic rings.